The standard InChI is InChI=1S/C18H21NO2S/c1-21-17-11-6-5-10-16(17)19-18(20)12-7-13-22-14-15-8-3-2-4-9-15/h2-6,8-11H,7,12-14H2,1H3,(H,19,20). The Labute approximate surface area is 136 Å². The molecule has 0 aliphatic heterocycles. The van der Waals surface area contributed by atoms with Crippen LogP contribution in [0, 0.1) is 0 Å². The summed E-state index contributed by atoms with van der Waals surface area (Å²) in [6.45, 7) is 0. The third-order valence-corrected chi connectivity index (χ3v) is 4.30. The average Bonchev–Trinajstić information content (AvgIpc) is 2.56. The molecule has 1 N–H and O–H groups in total. The van der Waals surface area contributed by atoms with Crippen molar-refractivity contribution < 1.29 is 9.53 Å². The minimum atomic E-state index is 0.0322. The van der Waals surface area contributed by atoms with Gasteiger partial charge in [0.2, 0.25) is 5.91 Å². The number of ether oxygens (including phenoxy) is 1. The van der Waals surface area contributed by atoms with Crippen molar-refractivity contribution >= 4 is 23.4 Å². The Hall–Kier alpha value is -1.94. The fourth-order valence-electron chi connectivity index (χ4n) is 2.06. The molecule has 116 valence electrons. The number of hydrogen-bond donors (Lipinski definition) is 1. The first-order chi connectivity index (χ1) is 10.8. The summed E-state index contributed by atoms with van der Waals surface area (Å²) >= 11 is 1.86. The maximum Gasteiger partial charge on any atom is 0.224 e. The van der Waals surface area contributed by atoms with Crippen LogP contribution in [0.1, 0.15) is 18.4 Å². The first-order valence-corrected chi connectivity index (χ1v) is 8.49. The zero-order valence-corrected chi connectivity index (χ0v) is 13.6. The molecule has 2 aromatic rings. The second-order valence-corrected chi connectivity index (χ2v) is 6.00. The van der Waals surface area contributed by atoms with E-state index < -0.39 is 0 Å². The largest absolute Gasteiger partial charge is 0.495 e. The normalized spacial score (nSPS) is 10.2. The van der Waals surface area contributed by atoms with Gasteiger partial charge in [-0.05, 0) is 29.9 Å². The minimum Gasteiger partial charge on any atom is -0.495 e. The van der Waals surface area contributed by atoms with Gasteiger partial charge in [-0.15, -0.1) is 0 Å². The van der Waals surface area contributed by atoms with Crippen molar-refractivity contribution in [3.05, 3.63) is 60.2 Å². The average molecular weight is 315 g/mol. The van der Waals surface area contributed by atoms with E-state index in [9.17, 15) is 4.79 Å². The fourth-order valence-corrected chi connectivity index (χ4v) is 2.98. The maximum atomic E-state index is 11.9. The summed E-state index contributed by atoms with van der Waals surface area (Å²) in [5.41, 5.74) is 2.05. The Morgan fingerprint density at radius 2 is 1.82 bits per heavy atom. The molecule has 0 aromatic heterocycles. The van der Waals surface area contributed by atoms with Crippen molar-refractivity contribution in [3.63, 3.8) is 0 Å². The predicted molar refractivity (Wildman–Crippen MR) is 93.5 cm³/mol. The zero-order chi connectivity index (χ0) is 15.6. The van der Waals surface area contributed by atoms with Gasteiger partial charge >= 0.3 is 0 Å². The number of amides is 1. The van der Waals surface area contributed by atoms with Gasteiger partial charge in [0.1, 0.15) is 5.75 Å². The first-order valence-electron chi connectivity index (χ1n) is 7.34. The Bertz CT molecular complexity index is 587. The van der Waals surface area contributed by atoms with Crippen molar-refractivity contribution in [2.24, 2.45) is 0 Å². The Kier molecular flexibility index (Phi) is 6.84. The molecule has 2 rings (SSSR count). The Morgan fingerprint density at radius 1 is 1.09 bits per heavy atom. The number of rotatable bonds is 8. The predicted octanol–water partition coefficient (Wildman–Crippen LogP) is 4.35. The highest BCUT2D eigenvalue weighted by Gasteiger charge is 2.06. The number of nitrogens with one attached hydrogen (secondary N) is 1. The number of benzene rings is 2. The molecule has 0 bridgehead atoms. The zero-order valence-electron chi connectivity index (χ0n) is 12.7. The Morgan fingerprint density at radius 3 is 2.59 bits per heavy atom. The molecule has 0 aliphatic carbocycles. The lowest BCUT2D eigenvalue weighted by atomic mass is 10.2. The van der Waals surface area contributed by atoms with Crippen LogP contribution in [0.5, 0.6) is 5.75 Å². The fraction of sp³-hybridized carbons (Fsp3) is 0.278. The van der Waals surface area contributed by atoms with Crippen LogP contribution >= 0.6 is 11.8 Å². The molecule has 0 fully saturated rings. The van der Waals surface area contributed by atoms with Crippen LogP contribution in [0.25, 0.3) is 0 Å². The third kappa shape index (κ3) is 5.45. The van der Waals surface area contributed by atoms with E-state index in [2.05, 4.69) is 29.6 Å². The highest BCUT2D eigenvalue weighted by Crippen LogP contribution is 2.23. The molecule has 1 amide bonds. The van der Waals surface area contributed by atoms with Gasteiger partial charge in [-0.1, -0.05) is 42.5 Å². The van der Waals surface area contributed by atoms with Crippen LogP contribution in [-0.4, -0.2) is 18.8 Å². The second-order valence-electron chi connectivity index (χ2n) is 4.89. The lowest BCUT2D eigenvalue weighted by Crippen LogP contribution is -2.12. The number of carbonyl (C=O) groups is 1. The third-order valence-electron chi connectivity index (χ3n) is 3.19. The van der Waals surface area contributed by atoms with Gasteiger partial charge in [-0.25, -0.2) is 0 Å². The second kappa shape index (κ2) is 9.15. The molecule has 0 unspecified atom stereocenters. The number of thioether (sulfide) groups is 1. The monoisotopic (exact) mass is 315 g/mol. The summed E-state index contributed by atoms with van der Waals surface area (Å²) in [6.07, 6.45) is 1.40. The molecule has 4 heteroatoms. The van der Waals surface area contributed by atoms with Gasteiger partial charge in [0.05, 0.1) is 12.8 Å². The number of anilines is 1. The Balaban J connectivity index is 1.65. The van der Waals surface area contributed by atoms with E-state index in [0.29, 0.717) is 12.2 Å². The molecular weight excluding hydrogens is 294 g/mol. The molecule has 0 heterocycles. The number of carbonyl (C=O) groups excluding carboxylic acids is 1. The summed E-state index contributed by atoms with van der Waals surface area (Å²) in [6, 6.07) is 17.8. The maximum absolute atomic E-state index is 11.9. The number of methoxy groups -OCH3 is 1. The van der Waals surface area contributed by atoms with E-state index in [1.165, 1.54) is 5.56 Å². The van der Waals surface area contributed by atoms with Crippen molar-refractivity contribution in [2.45, 2.75) is 18.6 Å². The SMILES string of the molecule is COc1ccccc1NC(=O)CCCSCc1ccccc1. The van der Waals surface area contributed by atoms with Gasteiger partial charge in [-0.2, -0.15) is 11.8 Å². The summed E-state index contributed by atoms with van der Waals surface area (Å²) < 4.78 is 5.22. The number of hydrogen-bond acceptors (Lipinski definition) is 3. The molecule has 0 aliphatic rings. The van der Waals surface area contributed by atoms with Crippen LogP contribution in [0.3, 0.4) is 0 Å². The van der Waals surface area contributed by atoms with Crippen LogP contribution < -0.4 is 10.1 Å². The number of para-hydroxylation sites is 2. The smallest absolute Gasteiger partial charge is 0.224 e. The van der Waals surface area contributed by atoms with Crippen LogP contribution in [-0.2, 0) is 10.5 Å². The summed E-state index contributed by atoms with van der Waals surface area (Å²) in [7, 11) is 1.60. The highest BCUT2D eigenvalue weighted by atomic mass is 32.2. The van der Waals surface area contributed by atoms with Crippen molar-refractivity contribution in [3.8, 4) is 5.75 Å². The van der Waals surface area contributed by atoms with E-state index in [1.807, 2.05) is 42.1 Å². The van der Waals surface area contributed by atoms with Crippen molar-refractivity contribution in [1.82, 2.24) is 0 Å². The summed E-state index contributed by atoms with van der Waals surface area (Å²) in [4.78, 5) is 11.9. The molecule has 22 heavy (non-hydrogen) atoms. The van der Waals surface area contributed by atoms with E-state index in [-0.39, 0.29) is 5.91 Å². The van der Waals surface area contributed by atoms with Gasteiger partial charge in [0.25, 0.3) is 0 Å². The van der Waals surface area contributed by atoms with Crippen LogP contribution in [0.4, 0.5) is 5.69 Å². The molecular formula is C18H21NO2S. The molecule has 0 saturated carbocycles. The van der Waals surface area contributed by atoms with Gasteiger partial charge < -0.3 is 10.1 Å². The van der Waals surface area contributed by atoms with Crippen molar-refractivity contribution in [2.75, 3.05) is 18.2 Å². The topological polar surface area (TPSA) is 38.3 Å². The molecule has 2 aromatic carbocycles. The molecule has 0 saturated heterocycles. The molecule has 0 atom stereocenters. The molecule has 0 radical (unpaired) electrons. The van der Waals surface area contributed by atoms with E-state index >= 15 is 0 Å². The highest BCUT2D eigenvalue weighted by molar-refractivity contribution is 7.98. The van der Waals surface area contributed by atoms with E-state index in [4.69, 9.17) is 4.74 Å². The molecule has 3 nitrogen and oxygen atoms in total. The summed E-state index contributed by atoms with van der Waals surface area (Å²) in [5.74, 6) is 2.70. The molecule has 0 spiro atoms. The van der Waals surface area contributed by atoms with Gasteiger partial charge in [0.15, 0.2) is 0 Å². The lowest BCUT2D eigenvalue weighted by Gasteiger charge is -2.09. The van der Waals surface area contributed by atoms with Crippen molar-refractivity contribution in [1.29, 1.82) is 0 Å². The van der Waals surface area contributed by atoms with Gasteiger partial charge in [0, 0.05) is 12.2 Å². The van der Waals surface area contributed by atoms with Gasteiger partial charge in [-0.3, -0.25) is 4.79 Å². The van der Waals surface area contributed by atoms with E-state index in [1.54, 1.807) is 7.11 Å². The quantitative estimate of drug-likeness (QED) is 0.736. The lowest BCUT2D eigenvalue weighted by molar-refractivity contribution is -0.116. The van der Waals surface area contributed by atoms with E-state index in [0.717, 1.165) is 23.6 Å². The van der Waals surface area contributed by atoms with Crippen LogP contribution in [0.15, 0.2) is 54.6 Å². The van der Waals surface area contributed by atoms with Crippen LogP contribution in [0.2, 0.25) is 0 Å². The minimum absolute atomic E-state index is 0.0322. The first kappa shape index (κ1) is 16.4. The summed E-state index contributed by atoms with van der Waals surface area (Å²) in [5, 5.41) is 2.90.